The van der Waals surface area contributed by atoms with E-state index in [4.69, 9.17) is 9.84 Å². The molecule has 2 N–H and O–H groups in total. The third kappa shape index (κ3) is 3.63. The third-order valence-corrected chi connectivity index (χ3v) is 3.44. The van der Waals surface area contributed by atoms with Crippen molar-refractivity contribution in [1.29, 1.82) is 0 Å². The number of amides is 2. The summed E-state index contributed by atoms with van der Waals surface area (Å²) in [6.07, 6.45) is 0.735. The van der Waals surface area contributed by atoms with Crippen LogP contribution in [0.1, 0.15) is 6.42 Å². The van der Waals surface area contributed by atoms with Crippen molar-refractivity contribution in [3.8, 4) is 5.75 Å². The lowest BCUT2D eigenvalue weighted by Gasteiger charge is -2.30. The maximum absolute atomic E-state index is 12.5. The molecule has 0 bridgehead atoms. The first-order valence-corrected chi connectivity index (χ1v) is 6.62. The summed E-state index contributed by atoms with van der Waals surface area (Å²) in [7, 11) is 1.64. The fourth-order valence-corrected chi connectivity index (χ4v) is 2.21. The normalized spacial score (nSPS) is 17.5. The quantitative estimate of drug-likeness (QED) is 0.868. The number of aromatic hydroxyl groups is 1. The number of nitrogens with zero attached hydrogens (tertiary/aromatic N) is 2. The minimum Gasteiger partial charge on any atom is -0.508 e. The lowest BCUT2D eigenvalue weighted by molar-refractivity contribution is -0.135. The molecule has 21 heavy (non-hydrogen) atoms. The summed E-state index contributed by atoms with van der Waals surface area (Å²) < 4.78 is 5.25. The molecule has 7 heteroatoms. The van der Waals surface area contributed by atoms with Gasteiger partial charge in [0.2, 0.25) is 0 Å². The zero-order chi connectivity index (χ0) is 15.4. The highest BCUT2D eigenvalue weighted by Crippen LogP contribution is 2.21. The van der Waals surface area contributed by atoms with E-state index in [1.54, 1.807) is 7.05 Å². The minimum atomic E-state index is -1.10. The van der Waals surface area contributed by atoms with Crippen LogP contribution in [0.25, 0.3) is 0 Å². The Balaban J connectivity index is 2.20. The number of carbonyl (C=O) groups excluding carboxylic acids is 1. The Morgan fingerprint density at radius 1 is 1.33 bits per heavy atom. The number of anilines is 1. The molecule has 1 heterocycles. The summed E-state index contributed by atoms with van der Waals surface area (Å²) in [6, 6.07) is 5.39. The minimum absolute atomic E-state index is 0.0501. The molecular formula is C14H18N2O5. The number of aliphatic carboxylic acids is 1. The monoisotopic (exact) mass is 294 g/mol. The van der Waals surface area contributed by atoms with E-state index in [1.165, 1.54) is 34.1 Å². The topological polar surface area (TPSA) is 90.3 Å². The first-order valence-electron chi connectivity index (χ1n) is 6.62. The molecule has 0 radical (unpaired) electrons. The van der Waals surface area contributed by atoms with Gasteiger partial charge in [-0.15, -0.1) is 0 Å². The average Bonchev–Trinajstić information content (AvgIpc) is 2.98. The van der Waals surface area contributed by atoms with Gasteiger partial charge in [-0.25, -0.2) is 4.79 Å². The van der Waals surface area contributed by atoms with Crippen molar-refractivity contribution in [3.05, 3.63) is 24.3 Å². The number of carboxylic acids is 1. The molecule has 0 aromatic heterocycles. The summed E-state index contributed by atoms with van der Waals surface area (Å²) in [5.74, 6) is -1.05. The fourth-order valence-electron chi connectivity index (χ4n) is 2.21. The predicted octanol–water partition coefficient (Wildman–Crippen LogP) is 1.12. The Bertz CT molecular complexity index is 511. The Labute approximate surface area is 122 Å². The molecule has 7 nitrogen and oxygen atoms in total. The molecule has 1 atom stereocenters. The molecule has 1 aromatic rings. The molecular weight excluding hydrogens is 276 g/mol. The first kappa shape index (κ1) is 15.1. The predicted molar refractivity (Wildman–Crippen MR) is 75.5 cm³/mol. The average molecular weight is 294 g/mol. The van der Waals surface area contributed by atoms with Crippen LogP contribution < -0.4 is 4.90 Å². The second-order valence-corrected chi connectivity index (χ2v) is 4.91. The van der Waals surface area contributed by atoms with Gasteiger partial charge in [-0.1, -0.05) is 0 Å². The van der Waals surface area contributed by atoms with Crippen molar-refractivity contribution in [1.82, 2.24) is 4.90 Å². The van der Waals surface area contributed by atoms with Gasteiger partial charge in [0.15, 0.2) is 0 Å². The molecule has 1 aliphatic rings. The number of hydrogen-bond donors (Lipinski definition) is 2. The number of carbonyl (C=O) groups is 2. The number of phenolic OH excluding ortho intramolecular Hbond substituents is 1. The summed E-state index contributed by atoms with van der Waals surface area (Å²) in [4.78, 5) is 26.2. The molecule has 1 fully saturated rings. The second-order valence-electron chi connectivity index (χ2n) is 4.91. The van der Waals surface area contributed by atoms with Crippen molar-refractivity contribution in [2.75, 3.05) is 31.7 Å². The van der Waals surface area contributed by atoms with Gasteiger partial charge in [-0.2, -0.15) is 0 Å². The van der Waals surface area contributed by atoms with Crippen LogP contribution in [0.4, 0.5) is 10.5 Å². The number of urea groups is 1. The van der Waals surface area contributed by atoms with Crippen LogP contribution in [0.3, 0.4) is 0 Å². The Morgan fingerprint density at radius 2 is 2.00 bits per heavy atom. The lowest BCUT2D eigenvalue weighted by atomic mass is 10.2. The number of phenols is 1. The highest BCUT2D eigenvalue weighted by Gasteiger charge is 2.29. The smallest absolute Gasteiger partial charge is 0.325 e. The van der Waals surface area contributed by atoms with Crippen LogP contribution >= 0.6 is 0 Å². The number of likely N-dealkylation sites (N-methyl/N-ethyl adjacent to an activating group) is 1. The molecule has 1 aliphatic heterocycles. The van der Waals surface area contributed by atoms with Crippen molar-refractivity contribution >= 4 is 17.7 Å². The van der Waals surface area contributed by atoms with Gasteiger partial charge >= 0.3 is 12.0 Å². The number of rotatable bonds is 4. The van der Waals surface area contributed by atoms with Crippen LogP contribution in [0, 0.1) is 0 Å². The van der Waals surface area contributed by atoms with Gasteiger partial charge in [0.1, 0.15) is 12.3 Å². The molecule has 1 unspecified atom stereocenters. The number of benzene rings is 1. The van der Waals surface area contributed by atoms with E-state index in [0.717, 1.165) is 6.42 Å². The largest absolute Gasteiger partial charge is 0.508 e. The van der Waals surface area contributed by atoms with Crippen molar-refractivity contribution < 1.29 is 24.5 Å². The summed E-state index contributed by atoms with van der Waals surface area (Å²) in [5, 5.41) is 18.3. The first-order chi connectivity index (χ1) is 9.99. The van der Waals surface area contributed by atoms with E-state index < -0.39 is 18.5 Å². The van der Waals surface area contributed by atoms with E-state index in [0.29, 0.717) is 18.9 Å². The Kier molecular flexibility index (Phi) is 4.64. The maximum Gasteiger partial charge on any atom is 0.325 e. The highest BCUT2D eigenvalue weighted by molar-refractivity contribution is 5.96. The number of ether oxygens (including phenoxy) is 1. The molecule has 114 valence electrons. The van der Waals surface area contributed by atoms with Crippen molar-refractivity contribution in [2.24, 2.45) is 0 Å². The SMILES string of the molecule is CN(C(=O)N(CC(=O)O)c1ccc(O)cc1)C1CCOC1. The number of hydrogen-bond acceptors (Lipinski definition) is 4. The van der Waals surface area contributed by atoms with Crippen LogP contribution in [0.2, 0.25) is 0 Å². The van der Waals surface area contributed by atoms with Crippen LogP contribution in [0.5, 0.6) is 5.75 Å². The van der Waals surface area contributed by atoms with Crippen LogP contribution in [-0.4, -0.2) is 60.0 Å². The maximum atomic E-state index is 12.5. The summed E-state index contributed by atoms with van der Waals surface area (Å²) >= 11 is 0. The zero-order valence-corrected chi connectivity index (χ0v) is 11.7. The van der Waals surface area contributed by atoms with E-state index in [1.807, 2.05) is 0 Å². The van der Waals surface area contributed by atoms with Gasteiger partial charge in [-0.3, -0.25) is 9.69 Å². The van der Waals surface area contributed by atoms with Crippen LogP contribution in [0.15, 0.2) is 24.3 Å². The number of carboxylic acid groups (broad SMARTS) is 1. The molecule has 0 saturated carbocycles. The molecule has 2 amide bonds. The molecule has 1 aromatic carbocycles. The second kappa shape index (κ2) is 6.45. The van der Waals surface area contributed by atoms with E-state index in [2.05, 4.69) is 0 Å². The van der Waals surface area contributed by atoms with Crippen LogP contribution in [-0.2, 0) is 9.53 Å². The van der Waals surface area contributed by atoms with Crippen molar-refractivity contribution in [3.63, 3.8) is 0 Å². The molecule has 0 aliphatic carbocycles. The fraction of sp³-hybridized carbons (Fsp3) is 0.429. The third-order valence-electron chi connectivity index (χ3n) is 3.44. The molecule has 0 spiro atoms. The lowest BCUT2D eigenvalue weighted by Crippen LogP contribution is -2.48. The van der Waals surface area contributed by atoms with Gasteiger partial charge in [0, 0.05) is 19.3 Å². The van der Waals surface area contributed by atoms with Crippen molar-refractivity contribution in [2.45, 2.75) is 12.5 Å². The highest BCUT2D eigenvalue weighted by atomic mass is 16.5. The van der Waals surface area contributed by atoms with E-state index in [9.17, 15) is 14.7 Å². The van der Waals surface area contributed by atoms with Gasteiger partial charge < -0.3 is 19.8 Å². The van der Waals surface area contributed by atoms with Gasteiger partial charge in [-0.05, 0) is 30.7 Å². The standard InChI is InChI=1S/C14H18N2O5/c1-15(11-6-7-21-9-11)14(20)16(8-13(18)19)10-2-4-12(17)5-3-10/h2-5,11,17H,6-9H2,1H3,(H,18,19). The van der Waals surface area contributed by atoms with E-state index >= 15 is 0 Å². The van der Waals surface area contributed by atoms with E-state index in [-0.39, 0.29) is 11.8 Å². The summed E-state index contributed by atoms with van der Waals surface area (Å²) in [6.45, 7) is 0.612. The Morgan fingerprint density at radius 3 is 2.52 bits per heavy atom. The molecule has 1 saturated heterocycles. The zero-order valence-electron chi connectivity index (χ0n) is 11.7. The summed E-state index contributed by atoms with van der Waals surface area (Å²) in [5.41, 5.74) is 0.422. The van der Waals surface area contributed by atoms with Gasteiger partial charge in [0.25, 0.3) is 0 Å². The van der Waals surface area contributed by atoms with Gasteiger partial charge in [0.05, 0.1) is 12.6 Å². The molecule has 2 rings (SSSR count). The Hall–Kier alpha value is -2.28.